The summed E-state index contributed by atoms with van der Waals surface area (Å²) in [6, 6.07) is 4.40. The van der Waals surface area contributed by atoms with E-state index < -0.39 is 0 Å². The van der Waals surface area contributed by atoms with Gasteiger partial charge in [-0.1, -0.05) is 6.92 Å². The molecule has 4 nitrogen and oxygen atoms in total. The average Bonchev–Trinajstić information content (AvgIpc) is 2.65. The number of aromatic nitrogens is 4. The molecule has 6 heteroatoms. The van der Waals surface area contributed by atoms with E-state index in [2.05, 4.69) is 31.5 Å². The predicted octanol–water partition coefficient (Wildman–Crippen LogP) is 2.13. The molecule has 0 fully saturated rings. The maximum atomic E-state index is 12.9. The fraction of sp³-hybridized carbons (Fsp3) is 0.222. The van der Waals surface area contributed by atoms with Gasteiger partial charge in [-0.05, 0) is 44.6 Å². The molecule has 78 valence electrons. The van der Waals surface area contributed by atoms with Gasteiger partial charge < -0.3 is 0 Å². The normalized spacial score (nSPS) is 10.6. The number of hydrogen-bond donors (Lipinski definition) is 0. The van der Waals surface area contributed by atoms with E-state index in [0.717, 1.165) is 17.9 Å². The first-order chi connectivity index (χ1) is 7.22. The van der Waals surface area contributed by atoms with Gasteiger partial charge in [-0.2, -0.15) is 4.68 Å². The van der Waals surface area contributed by atoms with E-state index in [9.17, 15) is 4.39 Å². The number of halogens is 2. The minimum Gasteiger partial charge on any atom is -0.207 e. The van der Waals surface area contributed by atoms with Crippen LogP contribution in [0, 0.1) is 5.82 Å². The summed E-state index contributed by atoms with van der Waals surface area (Å²) in [6.45, 7) is 1.96. The third-order valence-electron chi connectivity index (χ3n) is 1.99. The van der Waals surface area contributed by atoms with Gasteiger partial charge >= 0.3 is 0 Å². The highest BCUT2D eigenvalue weighted by Gasteiger charge is 2.09. The van der Waals surface area contributed by atoms with Crippen molar-refractivity contribution >= 4 is 15.9 Å². The van der Waals surface area contributed by atoms with E-state index in [4.69, 9.17) is 0 Å². The molecular formula is C9H8BrFN4. The molecule has 2 aromatic rings. The quantitative estimate of drug-likeness (QED) is 0.840. The molecule has 0 radical (unpaired) electrons. The molecule has 1 aromatic carbocycles. The third-order valence-corrected chi connectivity index (χ3v) is 2.62. The lowest BCUT2D eigenvalue weighted by Crippen LogP contribution is -2.03. The van der Waals surface area contributed by atoms with Gasteiger partial charge in [0.15, 0.2) is 5.82 Å². The Balaban J connectivity index is 2.54. The Morgan fingerprint density at radius 1 is 1.47 bits per heavy atom. The van der Waals surface area contributed by atoms with Crippen LogP contribution < -0.4 is 0 Å². The number of tetrazole rings is 1. The lowest BCUT2D eigenvalue weighted by Gasteiger charge is -2.05. The highest BCUT2D eigenvalue weighted by Crippen LogP contribution is 2.21. The molecule has 2 rings (SSSR count). The molecule has 0 spiro atoms. The molecule has 15 heavy (non-hydrogen) atoms. The maximum absolute atomic E-state index is 12.9. The average molecular weight is 271 g/mol. The Kier molecular flexibility index (Phi) is 2.77. The van der Waals surface area contributed by atoms with Crippen molar-refractivity contribution < 1.29 is 4.39 Å². The summed E-state index contributed by atoms with van der Waals surface area (Å²) in [6.07, 6.45) is 0.719. The largest absolute Gasteiger partial charge is 0.207 e. The van der Waals surface area contributed by atoms with Crippen molar-refractivity contribution in [2.75, 3.05) is 0 Å². The monoisotopic (exact) mass is 270 g/mol. The minimum atomic E-state index is -0.295. The molecule has 1 aromatic heterocycles. The summed E-state index contributed by atoms with van der Waals surface area (Å²) in [5, 5.41) is 11.3. The van der Waals surface area contributed by atoms with Gasteiger partial charge in [-0.3, -0.25) is 0 Å². The van der Waals surface area contributed by atoms with Crippen molar-refractivity contribution in [2.24, 2.45) is 0 Å². The van der Waals surface area contributed by atoms with Crippen LogP contribution in [-0.2, 0) is 6.42 Å². The number of benzene rings is 1. The predicted molar refractivity (Wildman–Crippen MR) is 56.2 cm³/mol. The number of nitrogens with zero attached hydrogens (tertiary/aromatic N) is 4. The second-order valence-electron chi connectivity index (χ2n) is 2.96. The number of hydrogen-bond acceptors (Lipinski definition) is 3. The Labute approximate surface area is 94.2 Å². The van der Waals surface area contributed by atoms with Crippen LogP contribution in [0.25, 0.3) is 5.69 Å². The van der Waals surface area contributed by atoms with Crippen molar-refractivity contribution in [3.05, 3.63) is 34.3 Å². The molecule has 1 heterocycles. The van der Waals surface area contributed by atoms with Crippen LogP contribution in [0.5, 0.6) is 0 Å². The van der Waals surface area contributed by atoms with Gasteiger partial charge in [-0.15, -0.1) is 5.10 Å². The molecule has 0 amide bonds. The molecule has 0 aliphatic heterocycles. The lowest BCUT2D eigenvalue weighted by molar-refractivity contribution is 0.625. The van der Waals surface area contributed by atoms with Gasteiger partial charge in [0.2, 0.25) is 0 Å². The van der Waals surface area contributed by atoms with Crippen LogP contribution in [0.3, 0.4) is 0 Å². The van der Waals surface area contributed by atoms with Crippen molar-refractivity contribution in [3.63, 3.8) is 0 Å². The Bertz CT molecular complexity index is 483. The molecule has 0 aliphatic rings. The van der Waals surface area contributed by atoms with Crippen molar-refractivity contribution in [2.45, 2.75) is 13.3 Å². The highest BCUT2D eigenvalue weighted by atomic mass is 79.9. The van der Waals surface area contributed by atoms with Gasteiger partial charge in [0, 0.05) is 10.9 Å². The molecule has 0 bridgehead atoms. The van der Waals surface area contributed by atoms with Crippen LogP contribution in [0.4, 0.5) is 4.39 Å². The summed E-state index contributed by atoms with van der Waals surface area (Å²) < 4.78 is 15.1. The van der Waals surface area contributed by atoms with E-state index >= 15 is 0 Å². The Morgan fingerprint density at radius 2 is 2.27 bits per heavy atom. The fourth-order valence-corrected chi connectivity index (χ4v) is 1.79. The summed E-state index contributed by atoms with van der Waals surface area (Å²) in [7, 11) is 0. The first kappa shape index (κ1) is 10.2. The van der Waals surface area contributed by atoms with Crippen LogP contribution >= 0.6 is 15.9 Å². The molecule has 0 unspecified atom stereocenters. The lowest BCUT2D eigenvalue weighted by atomic mass is 10.3. The molecular weight excluding hydrogens is 263 g/mol. The molecule has 0 saturated carbocycles. The van der Waals surface area contributed by atoms with Crippen molar-refractivity contribution in [3.8, 4) is 5.69 Å². The van der Waals surface area contributed by atoms with Gasteiger partial charge in [0.25, 0.3) is 0 Å². The summed E-state index contributed by atoms with van der Waals surface area (Å²) in [4.78, 5) is 0. The zero-order valence-corrected chi connectivity index (χ0v) is 9.57. The summed E-state index contributed by atoms with van der Waals surface area (Å²) >= 11 is 3.28. The molecule has 0 saturated heterocycles. The zero-order chi connectivity index (χ0) is 10.8. The fourth-order valence-electron chi connectivity index (χ4n) is 1.27. The van der Waals surface area contributed by atoms with Gasteiger partial charge in [0.1, 0.15) is 5.82 Å². The topological polar surface area (TPSA) is 43.6 Å². The second-order valence-corrected chi connectivity index (χ2v) is 3.81. The maximum Gasteiger partial charge on any atom is 0.156 e. The van der Waals surface area contributed by atoms with E-state index in [1.807, 2.05) is 6.92 Å². The number of aryl methyl sites for hydroxylation is 1. The zero-order valence-electron chi connectivity index (χ0n) is 7.98. The Morgan fingerprint density at radius 3 is 2.93 bits per heavy atom. The summed E-state index contributed by atoms with van der Waals surface area (Å²) in [5.41, 5.74) is 0.734. The van der Waals surface area contributed by atoms with Crippen LogP contribution in [0.15, 0.2) is 22.7 Å². The molecule has 0 atom stereocenters. The second kappa shape index (κ2) is 4.06. The first-order valence-corrected chi connectivity index (χ1v) is 5.24. The van der Waals surface area contributed by atoms with E-state index in [-0.39, 0.29) is 5.82 Å². The van der Waals surface area contributed by atoms with E-state index in [1.165, 1.54) is 12.1 Å². The standard InChI is InChI=1S/C9H8BrFN4/c1-2-9-12-13-14-15(9)8-4-3-6(11)5-7(8)10/h3-5H,2H2,1H3. The smallest absolute Gasteiger partial charge is 0.156 e. The van der Waals surface area contributed by atoms with Crippen LogP contribution in [0.2, 0.25) is 0 Å². The van der Waals surface area contributed by atoms with Gasteiger partial charge in [0.05, 0.1) is 5.69 Å². The van der Waals surface area contributed by atoms with E-state index in [1.54, 1.807) is 10.7 Å². The van der Waals surface area contributed by atoms with E-state index in [0.29, 0.717) is 4.47 Å². The number of rotatable bonds is 2. The van der Waals surface area contributed by atoms with Crippen molar-refractivity contribution in [1.29, 1.82) is 0 Å². The molecule has 0 N–H and O–H groups in total. The van der Waals surface area contributed by atoms with Gasteiger partial charge in [-0.25, -0.2) is 4.39 Å². The Hall–Kier alpha value is -1.30. The highest BCUT2D eigenvalue weighted by molar-refractivity contribution is 9.10. The summed E-state index contributed by atoms with van der Waals surface area (Å²) in [5.74, 6) is 0.444. The minimum absolute atomic E-state index is 0.295. The first-order valence-electron chi connectivity index (χ1n) is 4.45. The van der Waals surface area contributed by atoms with Crippen LogP contribution in [0.1, 0.15) is 12.7 Å². The SMILES string of the molecule is CCc1nnnn1-c1ccc(F)cc1Br. The molecule has 0 aliphatic carbocycles. The van der Waals surface area contributed by atoms with Crippen molar-refractivity contribution in [1.82, 2.24) is 20.2 Å². The van der Waals surface area contributed by atoms with Crippen LogP contribution in [-0.4, -0.2) is 20.2 Å². The third kappa shape index (κ3) is 1.90.